The molecule has 0 saturated heterocycles. The first-order chi connectivity index (χ1) is 8.20. The summed E-state index contributed by atoms with van der Waals surface area (Å²) in [5.41, 5.74) is 2.61. The molecule has 0 aromatic heterocycles. The highest BCUT2D eigenvalue weighted by molar-refractivity contribution is 5.86. The molecular weight excluding hydrogens is 208 g/mol. The van der Waals surface area contributed by atoms with Gasteiger partial charge in [-0.1, -0.05) is 44.5 Å². The van der Waals surface area contributed by atoms with Crippen LogP contribution in [-0.2, 0) is 11.2 Å². The van der Waals surface area contributed by atoms with E-state index in [0.717, 1.165) is 19.3 Å². The first-order valence-electron chi connectivity index (χ1n) is 6.82. The molecule has 1 nitrogen and oxygen atoms in total. The van der Waals surface area contributed by atoms with Crippen LogP contribution in [0.4, 0.5) is 0 Å². The van der Waals surface area contributed by atoms with Gasteiger partial charge in [0, 0.05) is 12.3 Å². The Kier molecular flexibility index (Phi) is 3.98. The van der Waals surface area contributed by atoms with E-state index in [0.29, 0.717) is 11.7 Å². The summed E-state index contributed by atoms with van der Waals surface area (Å²) in [5.74, 6) is 1.19. The molecule has 1 aromatic carbocycles. The quantitative estimate of drug-likeness (QED) is 0.763. The lowest BCUT2D eigenvalue weighted by Gasteiger charge is -2.25. The Labute approximate surface area is 104 Å². The van der Waals surface area contributed by atoms with Crippen molar-refractivity contribution in [1.82, 2.24) is 0 Å². The Morgan fingerprint density at radius 1 is 1.18 bits per heavy atom. The van der Waals surface area contributed by atoms with Gasteiger partial charge in [-0.3, -0.25) is 4.79 Å². The van der Waals surface area contributed by atoms with Crippen LogP contribution in [0.5, 0.6) is 0 Å². The van der Waals surface area contributed by atoms with E-state index in [2.05, 4.69) is 38.1 Å². The van der Waals surface area contributed by atoms with Crippen LogP contribution in [0.25, 0.3) is 0 Å². The lowest BCUT2D eigenvalue weighted by molar-refractivity contribution is -0.123. The van der Waals surface area contributed by atoms with E-state index in [1.165, 1.54) is 24.0 Å². The van der Waals surface area contributed by atoms with Crippen LogP contribution in [0, 0.1) is 5.92 Å². The molecule has 1 fully saturated rings. The average Bonchev–Trinajstić information content (AvgIpc) is 2.31. The predicted octanol–water partition coefficient (Wildman–Crippen LogP) is 4.11. The molecule has 92 valence electrons. The Balaban J connectivity index is 2.09. The van der Waals surface area contributed by atoms with Crippen LogP contribution in [0.15, 0.2) is 24.3 Å². The van der Waals surface area contributed by atoms with Gasteiger partial charge in [-0.05, 0) is 36.3 Å². The second-order valence-corrected chi connectivity index (χ2v) is 5.40. The Morgan fingerprint density at radius 3 is 2.47 bits per heavy atom. The van der Waals surface area contributed by atoms with Crippen LogP contribution >= 0.6 is 0 Å². The minimum Gasteiger partial charge on any atom is -0.299 e. The maximum absolute atomic E-state index is 12.0. The Bertz CT molecular complexity index is 377. The number of ketones is 1. The highest BCUT2D eigenvalue weighted by atomic mass is 16.1. The average molecular weight is 230 g/mol. The summed E-state index contributed by atoms with van der Waals surface area (Å²) < 4.78 is 0. The topological polar surface area (TPSA) is 17.1 Å². The standard InChI is InChI=1S/C16H22O/c1-3-4-13-6-8-14(9-7-13)15-10-5-12(2)11-16(15)17/h6-9,12,15H,3-5,10-11H2,1-2H3/t12-,15+/m1/s1. The second-order valence-electron chi connectivity index (χ2n) is 5.40. The summed E-state index contributed by atoms with van der Waals surface area (Å²) in [6.45, 7) is 4.37. The van der Waals surface area contributed by atoms with Crippen molar-refractivity contribution in [2.45, 2.75) is 51.9 Å². The minimum absolute atomic E-state index is 0.168. The Morgan fingerprint density at radius 2 is 1.88 bits per heavy atom. The molecule has 0 radical (unpaired) electrons. The van der Waals surface area contributed by atoms with Crippen molar-refractivity contribution in [1.29, 1.82) is 0 Å². The molecule has 0 spiro atoms. The molecule has 0 unspecified atom stereocenters. The summed E-state index contributed by atoms with van der Waals surface area (Å²) in [4.78, 5) is 12.0. The molecule has 1 aliphatic carbocycles. The van der Waals surface area contributed by atoms with Crippen molar-refractivity contribution in [2.75, 3.05) is 0 Å². The third-order valence-electron chi connectivity index (χ3n) is 3.81. The molecule has 2 atom stereocenters. The smallest absolute Gasteiger partial charge is 0.140 e. The highest BCUT2D eigenvalue weighted by Crippen LogP contribution is 2.32. The number of rotatable bonds is 3. The van der Waals surface area contributed by atoms with E-state index in [1.807, 2.05) is 0 Å². The summed E-state index contributed by atoms with van der Waals surface area (Å²) in [6.07, 6.45) is 5.30. The molecule has 0 amide bonds. The van der Waals surface area contributed by atoms with Crippen molar-refractivity contribution < 1.29 is 4.79 Å². The molecule has 0 N–H and O–H groups in total. The fourth-order valence-electron chi connectivity index (χ4n) is 2.76. The predicted molar refractivity (Wildman–Crippen MR) is 71.2 cm³/mol. The third kappa shape index (κ3) is 2.96. The maximum Gasteiger partial charge on any atom is 0.140 e. The fourth-order valence-corrected chi connectivity index (χ4v) is 2.76. The fraction of sp³-hybridized carbons (Fsp3) is 0.562. The first-order valence-corrected chi connectivity index (χ1v) is 6.82. The van der Waals surface area contributed by atoms with Crippen molar-refractivity contribution >= 4 is 5.78 Å². The maximum atomic E-state index is 12.0. The Hall–Kier alpha value is -1.11. The number of hydrogen-bond acceptors (Lipinski definition) is 1. The van der Waals surface area contributed by atoms with Crippen molar-refractivity contribution in [2.24, 2.45) is 5.92 Å². The molecule has 1 aromatic rings. The van der Waals surface area contributed by atoms with Gasteiger partial charge in [0.2, 0.25) is 0 Å². The van der Waals surface area contributed by atoms with Gasteiger partial charge in [-0.2, -0.15) is 0 Å². The molecule has 0 bridgehead atoms. The van der Waals surface area contributed by atoms with Gasteiger partial charge in [0.25, 0.3) is 0 Å². The van der Waals surface area contributed by atoms with E-state index in [1.54, 1.807) is 0 Å². The van der Waals surface area contributed by atoms with E-state index in [-0.39, 0.29) is 5.92 Å². The molecule has 1 saturated carbocycles. The molecule has 1 heteroatoms. The zero-order valence-corrected chi connectivity index (χ0v) is 10.9. The number of Topliss-reactive ketones (excluding diaryl/α,β-unsaturated/α-hetero) is 1. The summed E-state index contributed by atoms with van der Waals surface area (Å²) in [5, 5.41) is 0. The molecular formula is C16H22O. The van der Waals surface area contributed by atoms with Gasteiger partial charge in [-0.25, -0.2) is 0 Å². The third-order valence-corrected chi connectivity index (χ3v) is 3.81. The highest BCUT2D eigenvalue weighted by Gasteiger charge is 2.27. The molecule has 0 heterocycles. The van der Waals surface area contributed by atoms with Crippen LogP contribution < -0.4 is 0 Å². The molecule has 17 heavy (non-hydrogen) atoms. The number of carbonyl (C=O) groups is 1. The molecule has 2 rings (SSSR count). The van der Waals surface area contributed by atoms with Crippen LogP contribution in [0.1, 0.15) is 56.6 Å². The van der Waals surface area contributed by atoms with Crippen LogP contribution in [0.2, 0.25) is 0 Å². The van der Waals surface area contributed by atoms with Crippen molar-refractivity contribution in [3.05, 3.63) is 35.4 Å². The van der Waals surface area contributed by atoms with Gasteiger partial charge >= 0.3 is 0 Å². The van der Waals surface area contributed by atoms with Crippen LogP contribution in [0.3, 0.4) is 0 Å². The number of benzene rings is 1. The zero-order chi connectivity index (χ0) is 12.3. The second kappa shape index (κ2) is 5.48. The minimum atomic E-state index is 0.168. The van der Waals surface area contributed by atoms with Gasteiger partial charge in [0.15, 0.2) is 0 Å². The first kappa shape index (κ1) is 12.3. The van der Waals surface area contributed by atoms with Gasteiger partial charge in [0.1, 0.15) is 5.78 Å². The van der Waals surface area contributed by atoms with E-state index in [4.69, 9.17) is 0 Å². The monoisotopic (exact) mass is 230 g/mol. The zero-order valence-electron chi connectivity index (χ0n) is 10.9. The summed E-state index contributed by atoms with van der Waals surface area (Å²) in [6, 6.07) is 8.68. The SMILES string of the molecule is CCCc1ccc([C@@H]2CC[C@@H](C)CC2=O)cc1. The lowest BCUT2D eigenvalue weighted by Crippen LogP contribution is -2.21. The van der Waals surface area contributed by atoms with Crippen LogP contribution in [-0.4, -0.2) is 5.78 Å². The van der Waals surface area contributed by atoms with E-state index >= 15 is 0 Å². The summed E-state index contributed by atoms with van der Waals surface area (Å²) in [7, 11) is 0. The molecule has 1 aliphatic rings. The van der Waals surface area contributed by atoms with Crippen molar-refractivity contribution in [3.8, 4) is 0 Å². The molecule has 0 aliphatic heterocycles. The van der Waals surface area contributed by atoms with Crippen molar-refractivity contribution in [3.63, 3.8) is 0 Å². The number of hydrogen-bond donors (Lipinski definition) is 0. The van der Waals surface area contributed by atoms with Gasteiger partial charge in [-0.15, -0.1) is 0 Å². The van der Waals surface area contributed by atoms with Gasteiger partial charge in [0.05, 0.1) is 0 Å². The van der Waals surface area contributed by atoms with E-state index < -0.39 is 0 Å². The lowest BCUT2D eigenvalue weighted by atomic mass is 9.78. The normalized spacial score (nSPS) is 24.9. The number of carbonyl (C=O) groups excluding carboxylic acids is 1. The van der Waals surface area contributed by atoms with E-state index in [9.17, 15) is 4.79 Å². The largest absolute Gasteiger partial charge is 0.299 e. The van der Waals surface area contributed by atoms with Gasteiger partial charge < -0.3 is 0 Å². The summed E-state index contributed by atoms with van der Waals surface area (Å²) >= 11 is 0. The number of aryl methyl sites for hydroxylation is 1.